The minimum atomic E-state index is -0.111. The van der Waals surface area contributed by atoms with E-state index in [0.29, 0.717) is 33.2 Å². The second-order valence-electron chi connectivity index (χ2n) is 7.28. The van der Waals surface area contributed by atoms with Gasteiger partial charge in [-0.3, -0.25) is 14.2 Å². The quantitative estimate of drug-likeness (QED) is 0.636. The molecule has 3 aromatic rings. The molecule has 0 unspecified atom stereocenters. The molecule has 0 bridgehead atoms. The zero-order chi connectivity index (χ0) is 19.8. The van der Waals surface area contributed by atoms with Gasteiger partial charge < -0.3 is 4.90 Å². The lowest BCUT2D eigenvalue weighted by atomic mass is 10.1. The van der Waals surface area contributed by atoms with E-state index in [0.717, 1.165) is 42.6 Å². The van der Waals surface area contributed by atoms with Crippen LogP contribution in [0, 0.1) is 6.92 Å². The van der Waals surface area contributed by atoms with Crippen LogP contribution in [0.25, 0.3) is 10.2 Å². The Hall–Kier alpha value is -2.18. The number of carbonyl (C=O) groups excluding carboxylic acids is 1. The van der Waals surface area contributed by atoms with Crippen LogP contribution in [0.15, 0.2) is 29.1 Å². The van der Waals surface area contributed by atoms with Gasteiger partial charge in [-0.1, -0.05) is 36.2 Å². The number of nitrogens with zero attached hydrogens (tertiary/aromatic N) is 3. The van der Waals surface area contributed by atoms with E-state index in [9.17, 15) is 9.59 Å². The van der Waals surface area contributed by atoms with Crippen LogP contribution in [0.2, 0.25) is 5.02 Å². The molecule has 4 rings (SSSR count). The third kappa shape index (κ3) is 3.35. The van der Waals surface area contributed by atoms with E-state index >= 15 is 0 Å². The van der Waals surface area contributed by atoms with Gasteiger partial charge in [-0.15, -0.1) is 11.3 Å². The molecular formula is C21H22ClN3O2S. The highest BCUT2D eigenvalue weighted by Gasteiger charge is 2.24. The summed E-state index contributed by atoms with van der Waals surface area (Å²) in [7, 11) is 1.75. The predicted octanol–water partition coefficient (Wildman–Crippen LogP) is 4.42. The fourth-order valence-electron chi connectivity index (χ4n) is 3.74. The second-order valence-corrected chi connectivity index (χ2v) is 8.69. The Balaban J connectivity index is 1.72. The van der Waals surface area contributed by atoms with Gasteiger partial charge in [0.15, 0.2) is 0 Å². The van der Waals surface area contributed by atoms with E-state index in [4.69, 9.17) is 16.6 Å². The zero-order valence-electron chi connectivity index (χ0n) is 16.0. The first-order valence-corrected chi connectivity index (χ1v) is 10.7. The zero-order valence-corrected chi connectivity index (χ0v) is 17.6. The van der Waals surface area contributed by atoms with Gasteiger partial charge in [-0.05, 0) is 37.0 Å². The lowest BCUT2D eigenvalue weighted by Crippen LogP contribution is -2.26. The van der Waals surface area contributed by atoms with Gasteiger partial charge in [-0.25, -0.2) is 4.98 Å². The van der Waals surface area contributed by atoms with Crippen molar-refractivity contribution in [1.82, 2.24) is 14.5 Å². The first kappa shape index (κ1) is 19.2. The third-order valence-corrected chi connectivity index (χ3v) is 6.86. The lowest BCUT2D eigenvalue weighted by molar-refractivity contribution is 0.0789. The number of benzene rings is 1. The molecule has 1 aliphatic heterocycles. The van der Waals surface area contributed by atoms with Crippen molar-refractivity contribution >= 4 is 39.1 Å². The summed E-state index contributed by atoms with van der Waals surface area (Å²) in [5.41, 5.74) is 1.61. The number of rotatable bonds is 3. The van der Waals surface area contributed by atoms with E-state index in [1.165, 1.54) is 11.3 Å². The fraction of sp³-hybridized carbons (Fsp3) is 0.381. The SMILES string of the molecule is Cc1c(C(=O)N(C)Cc2ccccc2Cl)sc2nc3n(c(=O)c12)CCCCC3. The first-order chi connectivity index (χ1) is 13.5. The summed E-state index contributed by atoms with van der Waals surface area (Å²) in [4.78, 5) is 33.8. The monoisotopic (exact) mass is 415 g/mol. The molecule has 1 amide bonds. The van der Waals surface area contributed by atoms with Crippen molar-refractivity contribution in [2.45, 2.75) is 45.7 Å². The Labute approximate surface area is 172 Å². The molecule has 146 valence electrons. The molecule has 7 heteroatoms. The van der Waals surface area contributed by atoms with Crippen molar-refractivity contribution in [2.75, 3.05) is 7.05 Å². The topological polar surface area (TPSA) is 55.2 Å². The summed E-state index contributed by atoms with van der Waals surface area (Å²) in [6, 6.07) is 7.50. The van der Waals surface area contributed by atoms with Gasteiger partial charge in [0.05, 0.1) is 10.3 Å². The first-order valence-electron chi connectivity index (χ1n) is 9.49. The minimum Gasteiger partial charge on any atom is -0.337 e. The number of thiophene rings is 1. The molecule has 0 fully saturated rings. The fourth-order valence-corrected chi connectivity index (χ4v) is 5.12. The van der Waals surface area contributed by atoms with Gasteiger partial charge in [0.25, 0.3) is 11.5 Å². The number of aryl methyl sites for hydroxylation is 2. The largest absolute Gasteiger partial charge is 0.337 e. The molecule has 0 saturated carbocycles. The predicted molar refractivity (Wildman–Crippen MR) is 113 cm³/mol. The third-order valence-electron chi connectivity index (χ3n) is 5.32. The number of amides is 1. The summed E-state index contributed by atoms with van der Waals surface area (Å²) in [5.74, 6) is 0.736. The Morgan fingerprint density at radius 1 is 1.29 bits per heavy atom. The van der Waals surface area contributed by atoms with Gasteiger partial charge in [0.1, 0.15) is 10.7 Å². The number of carbonyl (C=O) groups is 1. The van der Waals surface area contributed by atoms with Crippen molar-refractivity contribution in [3.63, 3.8) is 0 Å². The summed E-state index contributed by atoms with van der Waals surface area (Å²) >= 11 is 7.55. The number of hydrogen-bond acceptors (Lipinski definition) is 4. The van der Waals surface area contributed by atoms with E-state index in [2.05, 4.69) is 0 Å². The molecule has 28 heavy (non-hydrogen) atoms. The van der Waals surface area contributed by atoms with Crippen LogP contribution in [0.5, 0.6) is 0 Å². The number of halogens is 1. The highest BCUT2D eigenvalue weighted by molar-refractivity contribution is 7.20. The standard InChI is InChI=1S/C21H22ClN3O2S/c1-13-17-19(23-16-10-4-3-7-11-25(16)20(17)26)28-18(13)21(27)24(2)12-14-8-5-6-9-15(14)22/h5-6,8-9H,3-4,7,10-12H2,1-2H3. The van der Waals surface area contributed by atoms with Gasteiger partial charge in [0, 0.05) is 31.6 Å². The van der Waals surface area contributed by atoms with Gasteiger partial charge >= 0.3 is 0 Å². The maximum Gasteiger partial charge on any atom is 0.264 e. The summed E-state index contributed by atoms with van der Waals surface area (Å²) in [5, 5.41) is 1.23. The highest BCUT2D eigenvalue weighted by Crippen LogP contribution is 2.30. The molecular weight excluding hydrogens is 394 g/mol. The molecule has 0 spiro atoms. The van der Waals surface area contributed by atoms with Crippen molar-refractivity contribution in [2.24, 2.45) is 0 Å². The van der Waals surface area contributed by atoms with Crippen LogP contribution < -0.4 is 5.56 Å². The van der Waals surface area contributed by atoms with Crippen LogP contribution in [0.4, 0.5) is 0 Å². The van der Waals surface area contributed by atoms with Crippen LogP contribution in [0.1, 0.15) is 45.9 Å². The average Bonchev–Trinajstić information content (AvgIpc) is 2.85. The van der Waals surface area contributed by atoms with E-state index < -0.39 is 0 Å². The molecule has 1 aromatic carbocycles. The van der Waals surface area contributed by atoms with Crippen LogP contribution in [-0.4, -0.2) is 27.4 Å². The molecule has 0 radical (unpaired) electrons. The molecule has 0 aliphatic carbocycles. The molecule has 5 nitrogen and oxygen atoms in total. The smallest absolute Gasteiger partial charge is 0.264 e. The van der Waals surface area contributed by atoms with Gasteiger partial charge in [0.2, 0.25) is 0 Å². The highest BCUT2D eigenvalue weighted by atomic mass is 35.5. The summed E-state index contributed by atoms with van der Waals surface area (Å²) < 4.78 is 1.80. The second kappa shape index (κ2) is 7.68. The molecule has 3 heterocycles. The van der Waals surface area contributed by atoms with Crippen LogP contribution in [0.3, 0.4) is 0 Å². The van der Waals surface area contributed by atoms with Crippen molar-refractivity contribution in [1.29, 1.82) is 0 Å². The molecule has 0 N–H and O–H groups in total. The number of hydrogen-bond donors (Lipinski definition) is 0. The lowest BCUT2D eigenvalue weighted by Gasteiger charge is -2.17. The Morgan fingerprint density at radius 2 is 2.07 bits per heavy atom. The Morgan fingerprint density at radius 3 is 2.86 bits per heavy atom. The molecule has 0 saturated heterocycles. The normalized spacial score (nSPS) is 14.0. The van der Waals surface area contributed by atoms with Crippen molar-refractivity contribution in [3.8, 4) is 0 Å². The van der Waals surface area contributed by atoms with E-state index in [1.54, 1.807) is 16.5 Å². The molecule has 1 aliphatic rings. The summed E-state index contributed by atoms with van der Waals surface area (Å²) in [6.07, 6.45) is 3.98. The Kier molecular flexibility index (Phi) is 5.25. The molecule has 2 aromatic heterocycles. The number of fused-ring (bicyclic) bond motifs is 2. The van der Waals surface area contributed by atoms with E-state index in [-0.39, 0.29) is 11.5 Å². The molecule has 0 atom stereocenters. The maximum atomic E-state index is 13.1. The average molecular weight is 416 g/mol. The summed E-state index contributed by atoms with van der Waals surface area (Å²) in [6.45, 7) is 2.97. The van der Waals surface area contributed by atoms with Gasteiger partial charge in [-0.2, -0.15) is 0 Å². The Bertz CT molecular complexity index is 1120. The van der Waals surface area contributed by atoms with Crippen molar-refractivity contribution < 1.29 is 4.79 Å². The van der Waals surface area contributed by atoms with Crippen LogP contribution in [-0.2, 0) is 19.5 Å². The number of aromatic nitrogens is 2. The van der Waals surface area contributed by atoms with E-state index in [1.807, 2.05) is 31.2 Å². The van der Waals surface area contributed by atoms with Crippen LogP contribution >= 0.6 is 22.9 Å². The minimum absolute atomic E-state index is 0.0107. The van der Waals surface area contributed by atoms with Crippen molar-refractivity contribution in [3.05, 3.63) is 61.5 Å². The maximum absolute atomic E-state index is 13.1.